The fourth-order valence-electron chi connectivity index (χ4n) is 1.30. The highest BCUT2D eigenvalue weighted by Crippen LogP contribution is 2.35. The molecule has 0 amide bonds. The summed E-state index contributed by atoms with van der Waals surface area (Å²) in [6.45, 7) is 1.27. The highest BCUT2D eigenvalue weighted by atomic mass is 79.9. The molecule has 7 heteroatoms. The van der Waals surface area contributed by atoms with Crippen molar-refractivity contribution in [3.63, 3.8) is 0 Å². The number of carbonyl (C=O) groups excluding carboxylic acids is 1. The maximum absolute atomic E-state index is 12.3. The van der Waals surface area contributed by atoms with Crippen LogP contribution in [0.25, 0.3) is 0 Å². The van der Waals surface area contributed by atoms with E-state index in [4.69, 9.17) is 11.6 Å². The van der Waals surface area contributed by atoms with Crippen LogP contribution in [0.1, 0.15) is 22.9 Å². The van der Waals surface area contributed by atoms with Crippen LogP contribution < -0.4 is 4.74 Å². The van der Waals surface area contributed by atoms with Crippen LogP contribution in [0.15, 0.2) is 18.2 Å². The van der Waals surface area contributed by atoms with E-state index in [-0.39, 0.29) is 17.2 Å². The molecule has 0 aromatic heterocycles. The molecule has 18 heavy (non-hydrogen) atoms. The lowest BCUT2D eigenvalue weighted by atomic mass is 10.1. The average molecular weight is 346 g/mol. The average Bonchev–Trinajstić information content (AvgIpc) is 2.25. The van der Waals surface area contributed by atoms with Gasteiger partial charge >= 0.3 is 6.36 Å². The van der Waals surface area contributed by atoms with Gasteiger partial charge in [-0.25, -0.2) is 0 Å². The van der Waals surface area contributed by atoms with E-state index < -0.39 is 16.9 Å². The van der Waals surface area contributed by atoms with Crippen LogP contribution in [0, 0.1) is 0 Å². The van der Waals surface area contributed by atoms with E-state index in [0.29, 0.717) is 5.56 Å². The first-order chi connectivity index (χ1) is 8.24. The Morgan fingerprint density at radius 3 is 2.56 bits per heavy atom. The third-order valence-electron chi connectivity index (χ3n) is 2.09. The maximum atomic E-state index is 12.3. The van der Waals surface area contributed by atoms with Gasteiger partial charge < -0.3 is 4.74 Å². The molecule has 1 aromatic carbocycles. The molecule has 0 fully saturated rings. The number of benzene rings is 1. The number of rotatable bonds is 4. The van der Waals surface area contributed by atoms with E-state index in [1.54, 1.807) is 6.07 Å². The van der Waals surface area contributed by atoms with E-state index in [1.165, 1.54) is 19.1 Å². The largest absolute Gasteiger partial charge is 0.573 e. The number of alkyl halides is 5. The number of ether oxygens (including phenoxy) is 1. The predicted molar refractivity (Wildman–Crippen MR) is 65.0 cm³/mol. The van der Waals surface area contributed by atoms with Crippen LogP contribution in [0.5, 0.6) is 5.75 Å². The van der Waals surface area contributed by atoms with E-state index in [2.05, 4.69) is 20.7 Å². The van der Waals surface area contributed by atoms with Crippen LogP contribution >= 0.6 is 27.5 Å². The number of hydrogen-bond donors (Lipinski definition) is 0. The third kappa shape index (κ3) is 4.17. The molecular formula is C11H9BrClF3O2. The molecule has 1 aromatic rings. The van der Waals surface area contributed by atoms with Crippen molar-refractivity contribution in [2.45, 2.75) is 24.0 Å². The molecule has 0 heterocycles. The van der Waals surface area contributed by atoms with Crippen LogP contribution in [-0.2, 0) is 10.7 Å². The molecule has 0 spiro atoms. The Labute approximate surface area is 115 Å². The molecule has 100 valence electrons. The molecule has 0 aliphatic rings. The number of ketones is 1. The predicted octanol–water partition coefficient (Wildman–Crippen LogP) is 4.35. The zero-order valence-corrected chi connectivity index (χ0v) is 11.6. The minimum absolute atomic E-state index is 0.0571. The van der Waals surface area contributed by atoms with Crippen molar-refractivity contribution >= 4 is 33.3 Å². The molecule has 0 aliphatic heterocycles. The van der Waals surface area contributed by atoms with Gasteiger partial charge in [0.2, 0.25) is 0 Å². The van der Waals surface area contributed by atoms with Gasteiger partial charge in [-0.2, -0.15) is 0 Å². The Hall–Kier alpha value is -0.750. The molecule has 0 saturated carbocycles. The second-order valence-corrected chi connectivity index (χ2v) is 4.71. The van der Waals surface area contributed by atoms with E-state index in [9.17, 15) is 18.0 Å². The molecule has 0 radical (unpaired) electrons. The molecule has 1 rings (SSSR count). The summed E-state index contributed by atoms with van der Waals surface area (Å²) >= 11 is 8.57. The van der Waals surface area contributed by atoms with Gasteiger partial charge in [0.05, 0.1) is 0 Å². The second-order valence-electron chi connectivity index (χ2n) is 3.53. The maximum Gasteiger partial charge on any atom is 0.573 e. The summed E-state index contributed by atoms with van der Waals surface area (Å²) in [6.07, 6.45) is -4.82. The van der Waals surface area contributed by atoms with Crippen LogP contribution in [0.2, 0.25) is 0 Å². The van der Waals surface area contributed by atoms with E-state index in [0.717, 1.165) is 0 Å². The number of carbonyl (C=O) groups is 1. The lowest BCUT2D eigenvalue weighted by molar-refractivity contribution is -0.274. The van der Waals surface area contributed by atoms with Crippen molar-refractivity contribution in [3.05, 3.63) is 29.3 Å². The summed E-state index contributed by atoms with van der Waals surface area (Å²) < 4.78 is 40.7. The third-order valence-corrected chi connectivity index (χ3v) is 3.53. The van der Waals surface area contributed by atoms with Crippen molar-refractivity contribution in [2.75, 3.05) is 0 Å². The first-order valence-corrected chi connectivity index (χ1v) is 6.28. The fourth-order valence-corrected chi connectivity index (χ4v) is 1.85. The normalized spacial score (nSPS) is 13.2. The summed E-state index contributed by atoms with van der Waals surface area (Å²) in [5, 5.41) is 0. The van der Waals surface area contributed by atoms with Gasteiger partial charge in [-0.15, -0.1) is 24.8 Å². The first kappa shape index (κ1) is 15.3. The van der Waals surface area contributed by atoms with Crippen molar-refractivity contribution < 1.29 is 22.7 Å². The standard InChI is InChI=1S/C11H9BrClF3O2/c1-6(17)10(12)8-3-2-7(5-13)4-9(8)18-11(14,15)16/h2-4,10H,5H2,1H3. The summed E-state index contributed by atoms with van der Waals surface area (Å²) in [4.78, 5) is 10.4. The molecule has 0 saturated heterocycles. The zero-order valence-electron chi connectivity index (χ0n) is 9.22. The second kappa shape index (κ2) is 5.93. The summed E-state index contributed by atoms with van der Waals surface area (Å²) in [6, 6.07) is 4.11. The molecular weight excluding hydrogens is 336 g/mol. The fraction of sp³-hybridized carbons (Fsp3) is 0.364. The van der Waals surface area contributed by atoms with Crippen molar-refractivity contribution in [1.82, 2.24) is 0 Å². The Balaban J connectivity index is 3.20. The smallest absolute Gasteiger partial charge is 0.405 e. The number of hydrogen-bond acceptors (Lipinski definition) is 2. The van der Waals surface area contributed by atoms with E-state index >= 15 is 0 Å². The lowest BCUT2D eigenvalue weighted by Gasteiger charge is -2.16. The van der Waals surface area contributed by atoms with Crippen molar-refractivity contribution in [1.29, 1.82) is 0 Å². The Bertz CT molecular complexity index is 448. The summed E-state index contributed by atoms with van der Waals surface area (Å²) in [7, 11) is 0. The molecule has 0 bridgehead atoms. The first-order valence-electron chi connectivity index (χ1n) is 4.83. The highest BCUT2D eigenvalue weighted by Gasteiger charge is 2.33. The van der Waals surface area contributed by atoms with Crippen LogP contribution in [0.3, 0.4) is 0 Å². The van der Waals surface area contributed by atoms with Gasteiger partial charge in [0.25, 0.3) is 0 Å². The van der Waals surface area contributed by atoms with Gasteiger partial charge in [0.1, 0.15) is 16.4 Å². The van der Waals surface area contributed by atoms with Crippen LogP contribution in [-0.4, -0.2) is 12.1 Å². The minimum Gasteiger partial charge on any atom is -0.405 e. The summed E-state index contributed by atoms with van der Waals surface area (Å²) in [5.41, 5.74) is 0.594. The SMILES string of the molecule is CC(=O)C(Br)c1ccc(CCl)cc1OC(F)(F)F. The van der Waals surface area contributed by atoms with E-state index in [1.807, 2.05) is 0 Å². The number of halogens is 5. The van der Waals surface area contributed by atoms with Crippen LogP contribution in [0.4, 0.5) is 13.2 Å². The summed E-state index contributed by atoms with van der Waals surface area (Å²) in [5.74, 6) is -0.681. The topological polar surface area (TPSA) is 26.3 Å². The monoisotopic (exact) mass is 344 g/mol. The van der Waals surface area contributed by atoms with Gasteiger partial charge in [0.15, 0.2) is 0 Å². The Kier molecular flexibility index (Phi) is 5.04. The zero-order chi connectivity index (χ0) is 13.9. The molecule has 0 aliphatic carbocycles. The molecule has 2 nitrogen and oxygen atoms in total. The van der Waals surface area contributed by atoms with Crippen molar-refractivity contribution in [2.24, 2.45) is 0 Å². The van der Waals surface area contributed by atoms with Gasteiger partial charge in [-0.1, -0.05) is 28.1 Å². The molecule has 0 N–H and O–H groups in total. The highest BCUT2D eigenvalue weighted by molar-refractivity contribution is 9.09. The number of Topliss-reactive ketones (excluding diaryl/α,β-unsaturated/α-hetero) is 1. The Morgan fingerprint density at radius 1 is 1.50 bits per heavy atom. The van der Waals surface area contributed by atoms with Gasteiger partial charge in [-0.3, -0.25) is 4.79 Å². The lowest BCUT2D eigenvalue weighted by Crippen LogP contribution is -2.19. The quantitative estimate of drug-likeness (QED) is 0.758. The molecule has 1 atom stereocenters. The van der Waals surface area contributed by atoms with Gasteiger partial charge in [-0.05, 0) is 18.6 Å². The minimum atomic E-state index is -4.82. The van der Waals surface area contributed by atoms with Crippen molar-refractivity contribution in [3.8, 4) is 5.75 Å². The Morgan fingerprint density at radius 2 is 2.11 bits per heavy atom. The van der Waals surface area contributed by atoms with Gasteiger partial charge in [0, 0.05) is 11.4 Å². The molecule has 1 unspecified atom stereocenters.